The minimum Gasteiger partial charge on any atom is -0.489 e. The molecule has 19 heavy (non-hydrogen) atoms. The summed E-state index contributed by atoms with van der Waals surface area (Å²) in [6.07, 6.45) is 0. The van der Waals surface area contributed by atoms with E-state index in [2.05, 4.69) is 15.9 Å². The van der Waals surface area contributed by atoms with Crippen LogP contribution in [0.25, 0.3) is 0 Å². The highest BCUT2D eigenvalue weighted by molar-refractivity contribution is 9.08. The summed E-state index contributed by atoms with van der Waals surface area (Å²) < 4.78 is 19.0. The molecule has 0 amide bonds. The van der Waals surface area contributed by atoms with Crippen molar-refractivity contribution < 1.29 is 9.13 Å². The molecular formula is C14H10BrCl2FO. The third kappa shape index (κ3) is 3.62. The quantitative estimate of drug-likeness (QED) is 0.642. The van der Waals surface area contributed by atoms with Crippen molar-refractivity contribution in [3.63, 3.8) is 0 Å². The lowest BCUT2D eigenvalue weighted by Gasteiger charge is -2.11. The molecule has 0 saturated carbocycles. The standard InChI is InChI=1S/C14H10BrCl2FO/c15-7-10-6-11(16)4-5-13(10)19-8-9-2-1-3-12(18)14(9)17/h1-6H,7-8H2. The number of halogens is 4. The molecule has 0 radical (unpaired) electrons. The van der Waals surface area contributed by atoms with Crippen LogP contribution < -0.4 is 4.74 Å². The van der Waals surface area contributed by atoms with Crippen molar-refractivity contribution in [3.8, 4) is 5.75 Å². The lowest BCUT2D eigenvalue weighted by atomic mass is 10.2. The molecule has 2 aromatic carbocycles. The largest absolute Gasteiger partial charge is 0.489 e. The third-order valence-corrected chi connectivity index (χ3v) is 3.84. The molecule has 2 aromatic rings. The molecule has 0 fully saturated rings. The van der Waals surface area contributed by atoms with E-state index in [0.717, 1.165) is 5.56 Å². The van der Waals surface area contributed by atoms with E-state index in [9.17, 15) is 4.39 Å². The molecule has 1 nitrogen and oxygen atoms in total. The molecule has 0 bridgehead atoms. The fraction of sp³-hybridized carbons (Fsp3) is 0.143. The summed E-state index contributed by atoms with van der Waals surface area (Å²) in [5.74, 6) is 0.251. The average molecular weight is 364 g/mol. The van der Waals surface area contributed by atoms with Crippen molar-refractivity contribution in [2.45, 2.75) is 11.9 Å². The van der Waals surface area contributed by atoms with Crippen LogP contribution in [0.1, 0.15) is 11.1 Å². The molecule has 0 aliphatic carbocycles. The van der Waals surface area contributed by atoms with Crippen molar-refractivity contribution in [3.05, 3.63) is 63.4 Å². The molecule has 100 valence electrons. The summed E-state index contributed by atoms with van der Waals surface area (Å²) in [5, 5.41) is 1.36. The van der Waals surface area contributed by atoms with Gasteiger partial charge in [0.25, 0.3) is 0 Å². The van der Waals surface area contributed by atoms with Crippen LogP contribution in [-0.2, 0) is 11.9 Å². The molecule has 0 saturated heterocycles. The van der Waals surface area contributed by atoms with Gasteiger partial charge in [0, 0.05) is 21.5 Å². The van der Waals surface area contributed by atoms with E-state index in [1.807, 2.05) is 6.07 Å². The molecular weight excluding hydrogens is 354 g/mol. The first-order valence-corrected chi connectivity index (χ1v) is 7.39. The molecule has 0 N–H and O–H groups in total. The van der Waals surface area contributed by atoms with Crippen LogP contribution in [0.15, 0.2) is 36.4 Å². The predicted octanol–water partition coefficient (Wildman–Crippen LogP) is 5.61. The van der Waals surface area contributed by atoms with Crippen molar-refractivity contribution in [2.24, 2.45) is 0 Å². The number of ether oxygens (including phenoxy) is 1. The van der Waals surface area contributed by atoms with Gasteiger partial charge >= 0.3 is 0 Å². The van der Waals surface area contributed by atoms with Gasteiger partial charge in [-0.25, -0.2) is 4.39 Å². The summed E-state index contributed by atoms with van der Waals surface area (Å²) in [7, 11) is 0. The van der Waals surface area contributed by atoms with Crippen molar-refractivity contribution in [1.29, 1.82) is 0 Å². The molecule has 0 atom stereocenters. The zero-order chi connectivity index (χ0) is 13.8. The van der Waals surface area contributed by atoms with E-state index in [0.29, 0.717) is 21.7 Å². The molecule has 2 rings (SSSR count). The number of hydrogen-bond donors (Lipinski definition) is 0. The number of rotatable bonds is 4. The second-order valence-electron chi connectivity index (χ2n) is 3.89. The van der Waals surface area contributed by atoms with Gasteiger partial charge in [0.15, 0.2) is 0 Å². The van der Waals surface area contributed by atoms with Gasteiger partial charge in [-0.2, -0.15) is 0 Å². The fourth-order valence-corrected chi connectivity index (χ4v) is 2.42. The maximum absolute atomic E-state index is 13.3. The smallest absolute Gasteiger partial charge is 0.142 e. The summed E-state index contributed by atoms with van der Waals surface area (Å²) >= 11 is 15.2. The fourth-order valence-electron chi connectivity index (χ4n) is 1.61. The zero-order valence-electron chi connectivity index (χ0n) is 9.80. The lowest BCUT2D eigenvalue weighted by Crippen LogP contribution is -1.99. The summed E-state index contributed by atoms with van der Waals surface area (Å²) in [4.78, 5) is 0. The van der Waals surface area contributed by atoms with Gasteiger partial charge < -0.3 is 4.74 Å². The Morgan fingerprint density at radius 3 is 2.63 bits per heavy atom. The molecule has 0 aliphatic rings. The van der Waals surface area contributed by atoms with Gasteiger partial charge in [0.2, 0.25) is 0 Å². The Labute approximate surface area is 129 Å². The monoisotopic (exact) mass is 362 g/mol. The number of benzene rings is 2. The van der Waals surface area contributed by atoms with Gasteiger partial charge in [0.1, 0.15) is 18.2 Å². The van der Waals surface area contributed by atoms with Gasteiger partial charge in [-0.15, -0.1) is 0 Å². The normalized spacial score (nSPS) is 10.5. The van der Waals surface area contributed by atoms with Crippen molar-refractivity contribution in [2.75, 3.05) is 0 Å². The first-order chi connectivity index (χ1) is 9.11. The van der Waals surface area contributed by atoms with E-state index in [-0.39, 0.29) is 11.6 Å². The third-order valence-electron chi connectivity index (χ3n) is 2.58. The highest BCUT2D eigenvalue weighted by Crippen LogP contribution is 2.27. The predicted molar refractivity (Wildman–Crippen MR) is 79.8 cm³/mol. The molecule has 0 aromatic heterocycles. The van der Waals surface area contributed by atoms with Crippen molar-refractivity contribution >= 4 is 39.1 Å². The maximum Gasteiger partial charge on any atom is 0.142 e. The molecule has 0 spiro atoms. The molecule has 0 heterocycles. The first kappa shape index (κ1) is 14.6. The van der Waals surface area contributed by atoms with Gasteiger partial charge in [0.05, 0.1) is 5.02 Å². The number of hydrogen-bond acceptors (Lipinski definition) is 1. The van der Waals surface area contributed by atoms with Crippen LogP contribution in [0.2, 0.25) is 10.0 Å². The van der Waals surface area contributed by atoms with Crippen molar-refractivity contribution in [1.82, 2.24) is 0 Å². The highest BCUT2D eigenvalue weighted by Gasteiger charge is 2.08. The maximum atomic E-state index is 13.3. The summed E-state index contributed by atoms with van der Waals surface area (Å²) in [6, 6.07) is 10.0. The highest BCUT2D eigenvalue weighted by atomic mass is 79.9. The Bertz CT molecular complexity index is 590. The van der Waals surface area contributed by atoms with Gasteiger partial charge in [-0.3, -0.25) is 0 Å². The summed E-state index contributed by atoms with van der Waals surface area (Å²) in [5.41, 5.74) is 1.54. The zero-order valence-corrected chi connectivity index (χ0v) is 12.9. The first-order valence-electron chi connectivity index (χ1n) is 5.52. The Morgan fingerprint density at radius 1 is 1.11 bits per heavy atom. The number of alkyl halides is 1. The molecule has 0 unspecified atom stereocenters. The van der Waals surface area contributed by atoms with Crippen LogP contribution in [0, 0.1) is 5.82 Å². The van der Waals surface area contributed by atoms with Crippen LogP contribution >= 0.6 is 39.1 Å². The van der Waals surface area contributed by atoms with E-state index in [1.54, 1.807) is 24.3 Å². The molecule has 5 heteroatoms. The van der Waals surface area contributed by atoms with E-state index < -0.39 is 5.82 Å². The van der Waals surface area contributed by atoms with Crippen LogP contribution in [0.3, 0.4) is 0 Å². The Kier molecular flexibility index (Phi) is 5.08. The second-order valence-corrected chi connectivity index (χ2v) is 5.26. The Morgan fingerprint density at radius 2 is 1.89 bits per heavy atom. The van der Waals surface area contributed by atoms with Crippen LogP contribution in [0.4, 0.5) is 4.39 Å². The SMILES string of the molecule is Fc1cccc(COc2ccc(Cl)cc2CBr)c1Cl. The lowest BCUT2D eigenvalue weighted by molar-refractivity contribution is 0.303. The van der Waals surface area contributed by atoms with E-state index >= 15 is 0 Å². The average Bonchev–Trinajstić information content (AvgIpc) is 2.41. The van der Waals surface area contributed by atoms with Crippen LogP contribution in [-0.4, -0.2) is 0 Å². The minimum absolute atomic E-state index is 0.0943. The van der Waals surface area contributed by atoms with Crippen LogP contribution in [0.5, 0.6) is 5.75 Å². The second kappa shape index (κ2) is 6.60. The topological polar surface area (TPSA) is 9.23 Å². The minimum atomic E-state index is -0.445. The van der Waals surface area contributed by atoms with E-state index in [4.69, 9.17) is 27.9 Å². The molecule has 0 aliphatic heterocycles. The van der Waals surface area contributed by atoms with Gasteiger partial charge in [-0.1, -0.05) is 51.3 Å². The Hall–Kier alpha value is -0.770. The van der Waals surface area contributed by atoms with Gasteiger partial charge in [-0.05, 0) is 24.3 Å². The Balaban J connectivity index is 2.17. The summed E-state index contributed by atoms with van der Waals surface area (Å²) in [6.45, 7) is 0.207. The van der Waals surface area contributed by atoms with E-state index in [1.165, 1.54) is 6.07 Å².